The van der Waals surface area contributed by atoms with Gasteiger partial charge >= 0.3 is 6.03 Å². The summed E-state index contributed by atoms with van der Waals surface area (Å²) in [5.74, 6) is 0.956. The second-order valence-corrected chi connectivity index (χ2v) is 6.82. The predicted molar refractivity (Wildman–Crippen MR) is 113 cm³/mol. The number of carbonyl (C=O) groups excluding carboxylic acids is 1. The lowest BCUT2D eigenvalue weighted by Gasteiger charge is -2.12. The zero-order valence-electron chi connectivity index (χ0n) is 16.4. The molecule has 0 aliphatic rings. The number of amides is 2. The first-order valence-corrected chi connectivity index (χ1v) is 9.16. The van der Waals surface area contributed by atoms with Gasteiger partial charge < -0.3 is 15.5 Å². The van der Waals surface area contributed by atoms with Crippen molar-refractivity contribution in [2.75, 3.05) is 43.1 Å². The van der Waals surface area contributed by atoms with Crippen LogP contribution in [0.5, 0.6) is 0 Å². The molecule has 1 aromatic carbocycles. The maximum Gasteiger partial charge on any atom is 0.326 e. The summed E-state index contributed by atoms with van der Waals surface area (Å²) in [6.07, 6.45) is 4.50. The minimum atomic E-state index is -0.391. The highest BCUT2D eigenvalue weighted by Crippen LogP contribution is 2.18. The van der Waals surface area contributed by atoms with E-state index in [9.17, 15) is 4.79 Å². The molecule has 0 aliphatic carbocycles. The van der Waals surface area contributed by atoms with Crippen molar-refractivity contribution < 1.29 is 4.79 Å². The van der Waals surface area contributed by atoms with E-state index < -0.39 is 6.03 Å². The summed E-state index contributed by atoms with van der Waals surface area (Å²) >= 11 is 0. The van der Waals surface area contributed by atoms with Crippen molar-refractivity contribution in [3.8, 4) is 0 Å². The van der Waals surface area contributed by atoms with E-state index in [-0.39, 0.29) is 5.95 Å². The number of aryl methyl sites for hydroxylation is 1. The van der Waals surface area contributed by atoms with Gasteiger partial charge in [-0.15, -0.1) is 0 Å². The molecular weight excluding hydrogens is 354 g/mol. The van der Waals surface area contributed by atoms with Crippen molar-refractivity contribution in [3.05, 3.63) is 48.4 Å². The summed E-state index contributed by atoms with van der Waals surface area (Å²) in [6, 6.07) is 9.00. The largest absolute Gasteiger partial charge is 0.370 e. The fourth-order valence-electron chi connectivity index (χ4n) is 2.75. The number of fused-ring (bicyclic) bond motifs is 1. The molecule has 0 radical (unpaired) electrons. The minimum absolute atomic E-state index is 0.262. The number of rotatable bonds is 7. The molecule has 8 nitrogen and oxygen atoms in total. The first kappa shape index (κ1) is 19.5. The molecular formula is C20H25N7O. The van der Waals surface area contributed by atoms with Gasteiger partial charge in [-0.25, -0.2) is 9.78 Å². The van der Waals surface area contributed by atoms with Gasteiger partial charge in [-0.3, -0.25) is 10.3 Å². The van der Waals surface area contributed by atoms with Gasteiger partial charge in [0.1, 0.15) is 5.82 Å². The Bertz CT molecular complexity index is 958. The Morgan fingerprint density at radius 2 is 1.93 bits per heavy atom. The summed E-state index contributed by atoms with van der Waals surface area (Å²) in [5, 5.41) is 10.8. The van der Waals surface area contributed by atoms with Gasteiger partial charge in [0.25, 0.3) is 0 Å². The number of benzene rings is 1. The third kappa shape index (κ3) is 5.62. The van der Waals surface area contributed by atoms with E-state index in [1.807, 2.05) is 51.4 Å². The quantitative estimate of drug-likeness (QED) is 0.545. The lowest BCUT2D eigenvalue weighted by molar-refractivity contribution is 0.262. The predicted octanol–water partition coefficient (Wildman–Crippen LogP) is 3.34. The van der Waals surface area contributed by atoms with E-state index in [1.165, 1.54) is 0 Å². The molecule has 0 saturated heterocycles. The number of carbonyl (C=O) groups is 1. The third-order valence-corrected chi connectivity index (χ3v) is 4.07. The van der Waals surface area contributed by atoms with Crippen molar-refractivity contribution in [1.29, 1.82) is 0 Å². The van der Waals surface area contributed by atoms with Gasteiger partial charge in [-0.05, 0) is 57.6 Å². The lowest BCUT2D eigenvalue weighted by atomic mass is 10.1. The lowest BCUT2D eigenvalue weighted by Crippen LogP contribution is -2.21. The van der Waals surface area contributed by atoms with Crippen molar-refractivity contribution in [1.82, 2.24) is 19.9 Å². The topological polar surface area (TPSA) is 95.1 Å². The molecule has 0 aliphatic heterocycles. The fraction of sp³-hybridized carbons (Fsp3) is 0.300. The van der Waals surface area contributed by atoms with Gasteiger partial charge in [-0.2, -0.15) is 4.98 Å². The van der Waals surface area contributed by atoms with E-state index in [0.717, 1.165) is 36.0 Å². The zero-order chi connectivity index (χ0) is 19.9. The molecule has 0 fully saturated rings. The number of aromatic nitrogens is 3. The normalized spacial score (nSPS) is 10.9. The highest BCUT2D eigenvalue weighted by Gasteiger charge is 2.08. The molecule has 0 atom stereocenters. The number of nitrogens with one attached hydrogen (secondary N) is 3. The van der Waals surface area contributed by atoms with Gasteiger partial charge in [0.15, 0.2) is 0 Å². The molecule has 2 heterocycles. The molecule has 3 rings (SSSR count). The number of pyridine rings is 1. The van der Waals surface area contributed by atoms with Crippen LogP contribution in [0.15, 0.2) is 42.7 Å². The Morgan fingerprint density at radius 1 is 1.07 bits per heavy atom. The monoisotopic (exact) mass is 379 g/mol. The molecule has 0 bridgehead atoms. The van der Waals surface area contributed by atoms with Crippen LogP contribution in [0.25, 0.3) is 10.8 Å². The summed E-state index contributed by atoms with van der Waals surface area (Å²) in [4.78, 5) is 27.2. The molecule has 2 amide bonds. The van der Waals surface area contributed by atoms with Gasteiger partial charge in [0, 0.05) is 41.8 Å². The van der Waals surface area contributed by atoms with E-state index in [0.29, 0.717) is 11.5 Å². The van der Waals surface area contributed by atoms with Gasteiger partial charge in [0.05, 0.1) is 0 Å². The molecule has 3 aromatic rings. The summed E-state index contributed by atoms with van der Waals surface area (Å²) in [7, 11) is 4.09. The minimum Gasteiger partial charge on any atom is -0.370 e. The van der Waals surface area contributed by atoms with Crippen LogP contribution in [0.1, 0.15) is 12.1 Å². The molecule has 0 unspecified atom stereocenters. The van der Waals surface area contributed by atoms with Crippen LogP contribution in [0.3, 0.4) is 0 Å². The maximum absolute atomic E-state index is 12.3. The van der Waals surface area contributed by atoms with Crippen LogP contribution in [0.4, 0.5) is 22.2 Å². The maximum atomic E-state index is 12.3. The average molecular weight is 379 g/mol. The summed E-state index contributed by atoms with van der Waals surface area (Å²) < 4.78 is 0. The van der Waals surface area contributed by atoms with Crippen LogP contribution in [-0.4, -0.2) is 53.1 Å². The van der Waals surface area contributed by atoms with Crippen molar-refractivity contribution >= 4 is 34.3 Å². The second-order valence-electron chi connectivity index (χ2n) is 6.82. The van der Waals surface area contributed by atoms with E-state index >= 15 is 0 Å². The van der Waals surface area contributed by atoms with E-state index in [1.54, 1.807) is 12.4 Å². The van der Waals surface area contributed by atoms with Gasteiger partial charge in [0.2, 0.25) is 5.95 Å². The van der Waals surface area contributed by atoms with Gasteiger partial charge in [-0.1, -0.05) is 6.07 Å². The number of hydrogen-bond donors (Lipinski definition) is 3. The number of hydrogen-bond acceptors (Lipinski definition) is 6. The Balaban J connectivity index is 1.61. The first-order chi connectivity index (χ1) is 13.5. The summed E-state index contributed by atoms with van der Waals surface area (Å²) in [5.41, 5.74) is 1.46. The SMILES string of the molecule is Cc1cc(NCCCN(C)C)nc(NC(=O)Nc2ccc3cnccc3c2)n1. The number of urea groups is 1. The molecule has 8 heteroatoms. The van der Waals surface area contributed by atoms with Crippen LogP contribution >= 0.6 is 0 Å². The van der Waals surface area contributed by atoms with Crippen molar-refractivity contribution in [2.45, 2.75) is 13.3 Å². The smallest absolute Gasteiger partial charge is 0.326 e. The van der Waals surface area contributed by atoms with Crippen LogP contribution in [-0.2, 0) is 0 Å². The van der Waals surface area contributed by atoms with Crippen LogP contribution in [0.2, 0.25) is 0 Å². The molecule has 0 spiro atoms. The van der Waals surface area contributed by atoms with E-state index in [2.05, 4.69) is 35.8 Å². The first-order valence-electron chi connectivity index (χ1n) is 9.16. The van der Waals surface area contributed by atoms with E-state index in [4.69, 9.17) is 0 Å². The highest BCUT2D eigenvalue weighted by atomic mass is 16.2. The Morgan fingerprint density at radius 3 is 2.75 bits per heavy atom. The summed E-state index contributed by atoms with van der Waals surface area (Å²) in [6.45, 7) is 3.66. The average Bonchev–Trinajstić information content (AvgIpc) is 2.64. The second kappa shape index (κ2) is 9.09. The van der Waals surface area contributed by atoms with Crippen LogP contribution < -0.4 is 16.0 Å². The molecule has 3 N–H and O–H groups in total. The molecule has 0 saturated carbocycles. The molecule has 2 aromatic heterocycles. The van der Waals surface area contributed by atoms with Crippen molar-refractivity contribution in [2.24, 2.45) is 0 Å². The molecule has 146 valence electrons. The Labute approximate surface area is 164 Å². The number of nitrogens with zero attached hydrogens (tertiary/aromatic N) is 4. The number of anilines is 3. The Kier molecular flexibility index (Phi) is 6.33. The zero-order valence-corrected chi connectivity index (χ0v) is 16.4. The highest BCUT2D eigenvalue weighted by molar-refractivity contribution is 6.00. The Hall–Kier alpha value is -3.26. The standard InChI is InChI=1S/C20H25N7O/c1-14-11-18(22-8-4-10-27(2)3)25-19(23-14)26-20(28)24-17-6-5-16-13-21-9-7-15(16)12-17/h5-7,9,11-13H,4,8,10H2,1-3H3,(H3,22,23,24,25,26,28). The molecule has 28 heavy (non-hydrogen) atoms. The van der Waals surface area contributed by atoms with Crippen molar-refractivity contribution in [3.63, 3.8) is 0 Å². The van der Waals surface area contributed by atoms with Crippen LogP contribution in [0, 0.1) is 6.92 Å². The fourth-order valence-corrected chi connectivity index (χ4v) is 2.75. The third-order valence-electron chi connectivity index (χ3n) is 4.07.